The highest BCUT2D eigenvalue weighted by atomic mass is 16.4. The predicted octanol–water partition coefficient (Wildman–Crippen LogP) is 4.74. The van der Waals surface area contributed by atoms with E-state index in [0.29, 0.717) is 6.42 Å². The standard InChI is InChI=1S/C25H22N2O2/c28-24(29)17-16-23-18-27(19-26-23)25(20-10-4-1-5-11-20,21-12-6-2-7-13-21)22-14-8-3-9-15-22/h1-15,18-19H,16-17H2,(H,28,29). The fourth-order valence-electron chi connectivity index (χ4n) is 3.90. The van der Waals surface area contributed by atoms with Crippen LogP contribution in [0.5, 0.6) is 0 Å². The molecule has 1 aromatic heterocycles. The first-order valence-corrected chi connectivity index (χ1v) is 9.63. The van der Waals surface area contributed by atoms with Crippen molar-refractivity contribution in [3.63, 3.8) is 0 Å². The van der Waals surface area contributed by atoms with Crippen LogP contribution in [0.1, 0.15) is 28.8 Å². The number of carbonyl (C=O) groups is 1. The van der Waals surface area contributed by atoms with Crippen LogP contribution in [0.3, 0.4) is 0 Å². The average Bonchev–Trinajstić information content (AvgIpc) is 3.24. The number of nitrogens with zero attached hydrogens (tertiary/aromatic N) is 2. The normalized spacial score (nSPS) is 11.3. The molecule has 0 atom stereocenters. The van der Waals surface area contributed by atoms with Gasteiger partial charge < -0.3 is 9.67 Å². The molecule has 3 aromatic carbocycles. The average molecular weight is 382 g/mol. The van der Waals surface area contributed by atoms with E-state index in [1.807, 2.05) is 67.1 Å². The van der Waals surface area contributed by atoms with E-state index in [1.165, 1.54) is 0 Å². The first kappa shape index (κ1) is 18.7. The summed E-state index contributed by atoms with van der Waals surface area (Å²) in [7, 11) is 0. The maximum atomic E-state index is 11.0. The summed E-state index contributed by atoms with van der Waals surface area (Å²) < 4.78 is 2.10. The lowest BCUT2D eigenvalue weighted by Crippen LogP contribution is -2.36. The van der Waals surface area contributed by atoms with Crippen molar-refractivity contribution >= 4 is 5.97 Å². The molecule has 0 fully saturated rings. The number of aliphatic carboxylic acids is 1. The zero-order chi connectivity index (χ0) is 20.1. The Labute approximate surface area is 170 Å². The topological polar surface area (TPSA) is 55.1 Å². The number of rotatable bonds is 7. The van der Waals surface area contributed by atoms with Crippen LogP contribution >= 0.6 is 0 Å². The molecule has 4 nitrogen and oxygen atoms in total. The zero-order valence-corrected chi connectivity index (χ0v) is 16.0. The Morgan fingerprint density at radius 2 is 1.24 bits per heavy atom. The minimum atomic E-state index is -0.819. The van der Waals surface area contributed by atoms with Gasteiger partial charge in [-0.05, 0) is 16.7 Å². The molecular formula is C25H22N2O2. The fourth-order valence-corrected chi connectivity index (χ4v) is 3.90. The van der Waals surface area contributed by atoms with Gasteiger partial charge in [-0.25, -0.2) is 4.98 Å². The minimum absolute atomic E-state index is 0.0615. The van der Waals surface area contributed by atoms with Crippen molar-refractivity contribution in [2.24, 2.45) is 0 Å². The molecule has 29 heavy (non-hydrogen) atoms. The Balaban J connectivity index is 1.97. The van der Waals surface area contributed by atoms with E-state index in [2.05, 4.69) is 45.9 Å². The third kappa shape index (κ3) is 3.57. The molecule has 4 heteroatoms. The van der Waals surface area contributed by atoms with Crippen LogP contribution < -0.4 is 0 Å². The molecular weight excluding hydrogens is 360 g/mol. The summed E-state index contributed by atoms with van der Waals surface area (Å²) in [4.78, 5) is 15.5. The van der Waals surface area contributed by atoms with Crippen molar-refractivity contribution in [1.29, 1.82) is 0 Å². The Morgan fingerprint density at radius 1 is 0.793 bits per heavy atom. The van der Waals surface area contributed by atoms with Gasteiger partial charge in [-0.3, -0.25) is 4.79 Å². The molecule has 0 aliphatic carbocycles. The van der Waals surface area contributed by atoms with E-state index in [4.69, 9.17) is 5.11 Å². The van der Waals surface area contributed by atoms with Gasteiger partial charge in [0.2, 0.25) is 0 Å². The number of aromatic nitrogens is 2. The van der Waals surface area contributed by atoms with Gasteiger partial charge in [-0.1, -0.05) is 91.0 Å². The molecule has 0 saturated heterocycles. The molecule has 1 heterocycles. The van der Waals surface area contributed by atoms with Gasteiger partial charge in [-0.15, -0.1) is 0 Å². The molecule has 4 aromatic rings. The van der Waals surface area contributed by atoms with Crippen LogP contribution in [0.2, 0.25) is 0 Å². The summed E-state index contributed by atoms with van der Waals surface area (Å²) >= 11 is 0. The van der Waals surface area contributed by atoms with Gasteiger partial charge in [0.05, 0.1) is 18.4 Å². The van der Waals surface area contributed by atoms with Gasteiger partial charge in [0, 0.05) is 12.6 Å². The van der Waals surface area contributed by atoms with E-state index in [0.717, 1.165) is 22.4 Å². The lowest BCUT2D eigenvalue weighted by atomic mass is 9.77. The zero-order valence-electron chi connectivity index (χ0n) is 16.0. The Morgan fingerprint density at radius 3 is 1.66 bits per heavy atom. The van der Waals surface area contributed by atoms with E-state index in [1.54, 1.807) is 0 Å². The number of aryl methyl sites for hydroxylation is 1. The molecule has 0 amide bonds. The van der Waals surface area contributed by atoms with Crippen molar-refractivity contribution in [2.45, 2.75) is 18.4 Å². The molecule has 0 bridgehead atoms. The summed E-state index contributed by atoms with van der Waals surface area (Å²) in [6.07, 6.45) is 4.24. The molecule has 0 aliphatic rings. The Kier molecular flexibility index (Phi) is 5.25. The maximum absolute atomic E-state index is 11.0. The number of benzene rings is 3. The van der Waals surface area contributed by atoms with Crippen molar-refractivity contribution in [2.75, 3.05) is 0 Å². The van der Waals surface area contributed by atoms with Crippen molar-refractivity contribution in [3.05, 3.63) is 126 Å². The van der Waals surface area contributed by atoms with E-state index in [9.17, 15) is 4.79 Å². The molecule has 0 aliphatic heterocycles. The summed E-state index contributed by atoms with van der Waals surface area (Å²) in [6, 6.07) is 31.0. The quantitative estimate of drug-likeness (QED) is 0.470. The van der Waals surface area contributed by atoms with Crippen LogP contribution in [-0.4, -0.2) is 20.6 Å². The highest BCUT2D eigenvalue weighted by Gasteiger charge is 2.38. The first-order valence-electron chi connectivity index (χ1n) is 9.63. The summed E-state index contributed by atoms with van der Waals surface area (Å²) in [5, 5.41) is 9.04. The van der Waals surface area contributed by atoms with Gasteiger partial charge in [0.25, 0.3) is 0 Å². The molecule has 144 valence electrons. The molecule has 0 spiro atoms. The first-order chi connectivity index (χ1) is 14.2. The van der Waals surface area contributed by atoms with Crippen molar-refractivity contribution in [1.82, 2.24) is 9.55 Å². The van der Waals surface area contributed by atoms with Crippen LogP contribution in [0.25, 0.3) is 0 Å². The van der Waals surface area contributed by atoms with Crippen LogP contribution in [0.4, 0.5) is 0 Å². The van der Waals surface area contributed by atoms with Gasteiger partial charge >= 0.3 is 5.97 Å². The largest absolute Gasteiger partial charge is 0.481 e. The smallest absolute Gasteiger partial charge is 0.303 e. The maximum Gasteiger partial charge on any atom is 0.303 e. The van der Waals surface area contributed by atoms with E-state index >= 15 is 0 Å². The van der Waals surface area contributed by atoms with Crippen LogP contribution in [-0.2, 0) is 16.8 Å². The monoisotopic (exact) mass is 382 g/mol. The van der Waals surface area contributed by atoms with Crippen molar-refractivity contribution in [3.8, 4) is 0 Å². The summed E-state index contributed by atoms with van der Waals surface area (Å²) in [5.41, 5.74) is 3.48. The summed E-state index contributed by atoms with van der Waals surface area (Å²) in [6.45, 7) is 0. The molecule has 1 N–H and O–H groups in total. The Bertz CT molecular complexity index is 977. The number of carboxylic acids is 1. The summed E-state index contributed by atoms with van der Waals surface area (Å²) in [5.74, 6) is -0.819. The van der Waals surface area contributed by atoms with Crippen LogP contribution in [0.15, 0.2) is 104 Å². The molecule has 4 rings (SSSR count). The molecule has 0 radical (unpaired) electrons. The third-order valence-corrected chi connectivity index (χ3v) is 5.19. The molecule has 0 saturated carbocycles. The van der Waals surface area contributed by atoms with Gasteiger partial charge in [-0.2, -0.15) is 0 Å². The highest BCUT2D eigenvalue weighted by Crippen LogP contribution is 2.40. The predicted molar refractivity (Wildman–Crippen MR) is 113 cm³/mol. The number of hydrogen-bond acceptors (Lipinski definition) is 2. The van der Waals surface area contributed by atoms with Gasteiger partial charge in [0.15, 0.2) is 0 Å². The van der Waals surface area contributed by atoms with E-state index < -0.39 is 11.5 Å². The second-order valence-electron chi connectivity index (χ2n) is 6.97. The van der Waals surface area contributed by atoms with Crippen molar-refractivity contribution < 1.29 is 9.90 Å². The minimum Gasteiger partial charge on any atom is -0.481 e. The Hall–Kier alpha value is -3.66. The van der Waals surface area contributed by atoms with Gasteiger partial charge in [0.1, 0.15) is 5.54 Å². The highest BCUT2D eigenvalue weighted by molar-refractivity contribution is 5.67. The second-order valence-corrected chi connectivity index (χ2v) is 6.97. The molecule has 0 unspecified atom stereocenters. The third-order valence-electron chi connectivity index (χ3n) is 5.19. The SMILES string of the molecule is O=C(O)CCc1cn(C(c2ccccc2)(c2ccccc2)c2ccccc2)cn1. The lowest BCUT2D eigenvalue weighted by Gasteiger charge is -2.37. The lowest BCUT2D eigenvalue weighted by molar-refractivity contribution is -0.136. The fraction of sp³-hybridized carbons (Fsp3) is 0.120. The van der Waals surface area contributed by atoms with E-state index in [-0.39, 0.29) is 6.42 Å². The number of imidazole rings is 1. The number of carboxylic acid groups (broad SMARTS) is 1. The van der Waals surface area contributed by atoms with Crippen LogP contribution in [0, 0.1) is 0 Å². The second kappa shape index (κ2) is 8.15. The number of hydrogen-bond donors (Lipinski definition) is 1.